The molecular weight excluding hydrogens is 264 g/mol. The molecule has 0 saturated carbocycles. The van der Waals surface area contributed by atoms with E-state index in [0.29, 0.717) is 13.0 Å². The smallest absolute Gasteiger partial charge is 0.323 e. The molecule has 1 atom stereocenters. The molecule has 0 bridgehead atoms. The summed E-state index contributed by atoms with van der Waals surface area (Å²) >= 11 is 0. The maximum absolute atomic E-state index is 12.5. The number of para-hydroxylation sites is 1. The summed E-state index contributed by atoms with van der Waals surface area (Å²) in [5.41, 5.74) is -0.335. The monoisotopic (exact) mass is 280 g/mol. The Morgan fingerprint density at radius 2 is 2.35 bits per heavy atom. The molecule has 1 amide bonds. The van der Waals surface area contributed by atoms with Crippen molar-refractivity contribution in [3.05, 3.63) is 33.9 Å². The molecule has 1 heterocycles. The number of ether oxygens (including phenoxy) is 1. The molecule has 1 aliphatic heterocycles. The first kappa shape index (κ1) is 14.3. The van der Waals surface area contributed by atoms with E-state index < -0.39 is 10.8 Å². The predicted octanol–water partition coefficient (Wildman–Crippen LogP) is 1.20. The summed E-state index contributed by atoms with van der Waals surface area (Å²) in [6.07, 6.45) is 1.49. The van der Waals surface area contributed by atoms with Crippen LogP contribution in [0, 0.1) is 10.1 Å². The highest BCUT2D eigenvalue weighted by molar-refractivity contribution is 5.99. The van der Waals surface area contributed by atoms with E-state index in [4.69, 9.17) is 4.74 Å². The number of nitrogens with zero attached hydrogens (tertiary/aromatic N) is 2. The van der Waals surface area contributed by atoms with Crippen LogP contribution in [0.4, 0.5) is 5.69 Å². The highest BCUT2D eigenvalue weighted by Gasteiger charge is 2.33. The van der Waals surface area contributed by atoms with Crippen LogP contribution in [0.3, 0.4) is 0 Å². The molecule has 20 heavy (non-hydrogen) atoms. The first-order valence-corrected chi connectivity index (χ1v) is 6.33. The number of carbonyl (C=O) groups is 1. The van der Waals surface area contributed by atoms with Crippen LogP contribution in [0.1, 0.15) is 23.2 Å². The molecule has 1 saturated heterocycles. The van der Waals surface area contributed by atoms with Crippen molar-refractivity contribution < 1.29 is 19.6 Å². The Balaban J connectivity index is 2.42. The summed E-state index contributed by atoms with van der Waals surface area (Å²) < 4.78 is 4.95. The third-order valence-electron chi connectivity index (χ3n) is 3.48. The fourth-order valence-electron chi connectivity index (χ4n) is 2.50. The van der Waals surface area contributed by atoms with E-state index in [2.05, 4.69) is 0 Å². The Kier molecular flexibility index (Phi) is 4.19. The number of hydrogen-bond donors (Lipinski definition) is 1. The predicted molar refractivity (Wildman–Crippen MR) is 70.8 cm³/mol. The van der Waals surface area contributed by atoms with Gasteiger partial charge >= 0.3 is 5.69 Å². The second-order valence-corrected chi connectivity index (χ2v) is 4.59. The molecule has 0 aromatic heterocycles. The number of nitro benzene ring substituents is 1. The van der Waals surface area contributed by atoms with Gasteiger partial charge in [-0.25, -0.2) is 0 Å². The van der Waals surface area contributed by atoms with Crippen molar-refractivity contribution in [1.29, 1.82) is 0 Å². The molecule has 1 fully saturated rings. The minimum atomic E-state index is -0.615. The lowest BCUT2D eigenvalue weighted by Crippen LogP contribution is -2.37. The van der Waals surface area contributed by atoms with Gasteiger partial charge in [0.1, 0.15) is 5.56 Å². The number of likely N-dealkylation sites (tertiary alicyclic amines) is 1. The van der Waals surface area contributed by atoms with E-state index in [1.807, 2.05) is 0 Å². The number of methoxy groups -OCH3 is 1. The number of rotatable bonds is 4. The fourth-order valence-corrected chi connectivity index (χ4v) is 2.50. The third kappa shape index (κ3) is 2.44. The molecular formula is C13H16N2O5. The highest BCUT2D eigenvalue weighted by atomic mass is 16.6. The standard InChI is InChI=1S/C13H16N2O5/c1-20-11-6-2-5-10(12(11)15(18)19)13(17)14-7-3-4-9(14)8-16/h2,5-6,9,16H,3-4,7-8H2,1H3. The van der Waals surface area contributed by atoms with Crippen molar-refractivity contribution in [2.75, 3.05) is 20.3 Å². The van der Waals surface area contributed by atoms with Gasteiger partial charge in [0, 0.05) is 6.54 Å². The van der Waals surface area contributed by atoms with Gasteiger partial charge in [-0.3, -0.25) is 14.9 Å². The normalized spacial score (nSPS) is 18.1. The summed E-state index contributed by atoms with van der Waals surface area (Å²) in [4.78, 5) is 24.5. The third-order valence-corrected chi connectivity index (χ3v) is 3.48. The zero-order chi connectivity index (χ0) is 14.7. The summed E-state index contributed by atoms with van der Waals surface area (Å²) in [6, 6.07) is 4.13. The molecule has 1 N–H and O–H groups in total. The van der Waals surface area contributed by atoms with Gasteiger partial charge < -0.3 is 14.7 Å². The molecule has 1 aliphatic rings. The molecule has 7 nitrogen and oxygen atoms in total. The largest absolute Gasteiger partial charge is 0.490 e. The van der Waals surface area contributed by atoms with Crippen LogP contribution < -0.4 is 4.74 Å². The van der Waals surface area contributed by atoms with Gasteiger partial charge in [-0.05, 0) is 25.0 Å². The van der Waals surface area contributed by atoms with E-state index >= 15 is 0 Å². The van der Waals surface area contributed by atoms with Crippen LogP contribution >= 0.6 is 0 Å². The van der Waals surface area contributed by atoms with Gasteiger partial charge in [-0.15, -0.1) is 0 Å². The zero-order valence-corrected chi connectivity index (χ0v) is 11.1. The van der Waals surface area contributed by atoms with Gasteiger partial charge in [-0.1, -0.05) is 6.07 Å². The quantitative estimate of drug-likeness (QED) is 0.660. The van der Waals surface area contributed by atoms with Gasteiger partial charge in [0.2, 0.25) is 0 Å². The maximum atomic E-state index is 12.5. The van der Waals surface area contributed by atoms with Crippen molar-refractivity contribution in [1.82, 2.24) is 4.90 Å². The van der Waals surface area contributed by atoms with Crippen LogP contribution in [0.5, 0.6) is 5.75 Å². The summed E-state index contributed by atoms with van der Waals surface area (Å²) in [5, 5.41) is 20.4. The number of nitro groups is 1. The lowest BCUT2D eigenvalue weighted by molar-refractivity contribution is -0.386. The maximum Gasteiger partial charge on any atom is 0.323 e. The SMILES string of the molecule is COc1cccc(C(=O)N2CCCC2CO)c1[N+](=O)[O-]. The van der Waals surface area contributed by atoms with Crippen LogP contribution in [-0.4, -0.2) is 47.1 Å². The van der Waals surface area contributed by atoms with E-state index in [1.54, 1.807) is 6.07 Å². The van der Waals surface area contributed by atoms with Crippen molar-refractivity contribution >= 4 is 11.6 Å². The fraction of sp³-hybridized carbons (Fsp3) is 0.462. The van der Waals surface area contributed by atoms with Crippen LogP contribution in [0.15, 0.2) is 18.2 Å². The van der Waals surface area contributed by atoms with Crippen molar-refractivity contribution in [3.8, 4) is 5.75 Å². The first-order chi connectivity index (χ1) is 9.60. The number of benzene rings is 1. The topological polar surface area (TPSA) is 92.9 Å². The second-order valence-electron chi connectivity index (χ2n) is 4.59. The number of aliphatic hydroxyl groups excluding tert-OH is 1. The van der Waals surface area contributed by atoms with Crippen LogP contribution in [-0.2, 0) is 0 Å². The van der Waals surface area contributed by atoms with Gasteiger partial charge in [0.15, 0.2) is 5.75 Å². The zero-order valence-electron chi connectivity index (χ0n) is 11.1. The van der Waals surface area contributed by atoms with Crippen molar-refractivity contribution in [2.45, 2.75) is 18.9 Å². The van der Waals surface area contributed by atoms with E-state index in [-0.39, 0.29) is 29.6 Å². The molecule has 1 aromatic rings. The van der Waals surface area contributed by atoms with Crippen LogP contribution in [0.2, 0.25) is 0 Å². The molecule has 1 unspecified atom stereocenters. The number of hydrogen-bond acceptors (Lipinski definition) is 5. The van der Waals surface area contributed by atoms with E-state index in [1.165, 1.54) is 24.1 Å². The Morgan fingerprint density at radius 3 is 2.95 bits per heavy atom. The van der Waals surface area contributed by atoms with Gasteiger partial charge in [0.25, 0.3) is 5.91 Å². The Hall–Kier alpha value is -2.15. The number of amides is 1. The summed E-state index contributed by atoms with van der Waals surface area (Å²) in [7, 11) is 1.32. The number of carbonyl (C=O) groups excluding carboxylic acids is 1. The van der Waals surface area contributed by atoms with Crippen LogP contribution in [0.25, 0.3) is 0 Å². The minimum absolute atomic E-state index is 0.00491. The van der Waals surface area contributed by atoms with Gasteiger partial charge in [-0.2, -0.15) is 0 Å². The molecule has 1 aromatic carbocycles. The Morgan fingerprint density at radius 1 is 1.60 bits per heavy atom. The molecule has 0 radical (unpaired) electrons. The van der Waals surface area contributed by atoms with Crippen molar-refractivity contribution in [2.24, 2.45) is 0 Å². The first-order valence-electron chi connectivity index (χ1n) is 6.33. The lowest BCUT2D eigenvalue weighted by Gasteiger charge is -2.23. The molecule has 0 spiro atoms. The van der Waals surface area contributed by atoms with E-state index in [0.717, 1.165) is 6.42 Å². The molecule has 7 heteroatoms. The minimum Gasteiger partial charge on any atom is -0.490 e. The Labute approximate surface area is 115 Å². The highest BCUT2D eigenvalue weighted by Crippen LogP contribution is 2.32. The second kappa shape index (κ2) is 5.87. The Bertz CT molecular complexity index is 531. The summed E-state index contributed by atoms with van der Waals surface area (Å²) in [5.74, 6) is -0.382. The summed E-state index contributed by atoms with van der Waals surface area (Å²) in [6.45, 7) is 0.363. The lowest BCUT2D eigenvalue weighted by atomic mass is 10.1. The molecule has 2 rings (SSSR count). The van der Waals surface area contributed by atoms with Gasteiger partial charge in [0.05, 0.1) is 24.7 Å². The van der Waals surface area contributed by atoms with Crippen molar-refractivity contribution in [3.63, 3.8) is 0 Å². The molecule has 108 valence electrons. The number of aliphatic hydroxyl groups is 1. The average Bonchev–Trinajstić information content (AvgIpc) is 2.93. The van der Waals surface area contributed by atoms with E-state index in [9.17, 15) is 20.0 Å². The average molecular weight is 280 g/mol. The molecule has 0 aliphatic carbocycles.